The highest BCUT2D eigenvalue weighted by Crippen LogP contribution is 2.32. The number of benzene rings is 1. The van der Waals surface area contributed by atoms with E-state index in [1.807, 2.05) is 13.0 Å². The molecule has 1 fully saturated rings. The topological polar surface area (TPSA) is 132 Å². The maximum Gasteiger partial charge on any atom is 0.414 e. The lowest BCUT2D eigenvalue weighted by molar-refractivity contribution is -0.140. The molecule has 1 saturated carbocycles. The van der Waals surface area contributed by atoms with Crippen LogP contribution in [0.5, 0.6) is 0 Å². The SMILES string of the molecule is CCN(CC)CCCC(C)N(C(=O)OC1CCCC(C(=O)NC(PO)C(=O)O)C1)c1ccnc2cc(Cl)ccc12. The molecule has 0 saturated heterocycles. The molecule has 0 radical (unpaired) electrons. The molecule has 220 valence electrons. The number of aliphatic carboxylic acids is 1. The Kier molecular flexibility index (Phi) is 12.4. The zero-order chi connectivity index (χ0) is 29.2. The number of hydrogen-bond acceptors (Lipinski definition) is 7. The number of carboxylic acids is 1. The van der Waals surface area contributed by atoms with Gasteiger partial charge in [-0.25, -0.2) is 9.59 Å². The number of rotatable bonds is 13. The molecule has 0 bridgehead atoms. The van der Waals surface area contributed by atoms with Crippen molar-refractivity contribution < 1.29 is 29.1 Å². The molecular weight excluding hydrogens is 555 g/mol. The second kappa shape index (κ2) is 15.5. The molecule has 0 spiro atoms. The second-order valence-electron chi connectivity index (χ2n) is 10.2. The number of anilines is 1. The Morgan fingerprint density at radius 1 is 1.23 bits per heavy atom. The molecule has 40 heavy (non-hydrogen) atoms. The fraction of sp³-hybridized carbons (Fsp3) is 0.571. The van der Waals surface area contributed by atoms with Gasteiger partial charge in [-0.2, -0.15) is 0 Å². The third-order valence-corrected chi connectivity index (χ3v) is 8.38. The molecular formula is C28H40ClN4O6P. The number of carbonyl (C=O) groups is 3. The van der Waals surface area contributed by atoms with Crippen LogP contribution in [-0.2, 0) is 14.3 Å². The lowest BCUT2D eigenvalue weighted by Crippen LogP contribution is -2.45. The van der Waals surface area contributed by atoms with Gasteiger partial charge >= 0.3 is 12.1 Å². The largest absolute Gasteiger partial charge is 0.479 e. The fourth-order valence-electron chi connectivity index (χ4n) is 5.21. The van der Waals surface area contributed by atoms with Crippen LogP contribution >= 0.6 is 20.4 Å². The number of pyridine rings is 1. The van der Waals surface area contributed by atoms with Crippen molar-refractivity contribution in [3.8, 4) is 0 Å². The summed E-state index contributed by atoms with van der Waals surface area (Å²) in [6.45, 7) is 9.13. The minimum absolute atomic E-state index is 0.172. The quantitative estimate of drug-likeness (QED) is 0.276. The maximum atomic E-state index is 13.8. The van der Waals surface area contributed by atoms with E-state index in [1.165, 1.54) is 0 Å². The monoisotopic (exact) mass is 594 g/mol. The predicted molar refractivity (Wildman–Crippen MR) is 158 cm³/mol. The van der Waals surface area contributed by atoms with Gasteiger partial charge in [0.2, 0.25) is 5.91 Å². The van der Waals surface area contributed by atoms with Gasteiger partial charge in [-0.15, -0.1) is 0 Å². The predicted octanol–water partition coefficient (Wildman–Crippen LogP) is 5.01. The lowest BCUT2D eigenvalue weighted by atomic mass is 9.86. The molecule has 2 aromatic rings. The second-order valence-corrected chi connectivity index (χ2v) is 11.4. The van der Waals surface area contributed by atoms with Crippen LogP contribution in [0.1, 0.15) is 59.3 Å². The highest BCUT2D eigenvalue weighted by Gasteiger charge is 2.34. The Hall–Kier alpha value is -2.52. The number of ether oxygens (including phenoxy) is 1. The first-order valence-electron chi connectivity index (χ1n) is 13.9. The number of amides is 2. The molecule has 5 unspecified atom stereocenters. The van der Waals surface area contributed by atoms with Crippen LogP contribution in [0.4, 0.5) is 10.5 Å². The Morgan fingerprint density at radius 2 is 1.98 bits per heavy atom. The van der Waals surface area contributed by atoms with Crippen LogP contribution in [0, 0.1) is 5.92 Å². The number of halogens is 1. The molecule has 1 heterocycles. The van der Waals surface area contributed by atoms with E-state index in [0.29, 0.717) is 35.5 Å². The first-order valence-corrected chi connectivity index (χ1v) is 15.3. The summed E-state index contributed by atoms with van der Waals surface area (Å²) in [5, 5.41) is 12.9. The Balaban J connectivity index is 1.79. The van der Waals surface area contributed by atoms with E-state index in [1.54, 1.807) is 29.3 Å². The van der Waals surface area contributed by atoms with Crippen molar-refractivity contribution in [2.75, 3.05) is 24.5 Å². The van der Waals surface area contributed by atoms with Crippen molar-refractivity contribution in [3.63, 3.8) is 0 Å². The molecule has 5 atom stereocenters. The number of nitrogens with zero attached hydrogens (tertiary/aromatic N) is 3. The average Bonchev–Trinajstić information content (AvgIpc) is 2.94. The van der Waals surface area contributed by atoms with Crippen LogP contribution < -0.4 is 10.2 Å². The van der Waals surface area contributed by atoms with Crippen LogP contribution in [0.25, 0.3) is 10.9 Å². The average molecular weight is 595 g/mol. The van der Waals surface area contributed by atoms with Gasteiger partial charge in [0, 0.05) is 37.4 Å². The van der Waals surface area contributed by atoms with Crippen molar-refractivity contribution in [2.24, 2.45) is 5.92 Å². The summed E-state index contributed by atoms with van der Waals surface area (Å²) >= 11 is 6.20. The first-order chi connectivity index (χ1) is 19.2. The van der Waals surface area contributed by atoms with Gasteiger partial charge in [0.05, 0.1) is 11.2 Å². The van der Waals surface area contributed by atoms with E-state index in [2.05, 4.69) is 29.0 Å². The van der Waals surface area contributed by atoms with E-state index in [-0.39, 0.29) is 12.5 Å². The number of hydrogen-bond donors (Lipinski definition) is 3. The Labute approximate surface area is 242 Å². The maximum absolute atomic E-state index is 13.8. The summed E-state index contributed by atoms with van der Waals surface area (Å²) in [5.74, 6) is -3.58. The summed E-state index contributed by atoms with van der Waals surface area (Å²) in [7, 11) is -0.948. The van der Waals surface area contributed by atoms with Gasteiger partial charge in [0.15, 0.2) is 5.78 Å². The minimum Gasteiger partial charge on any atom is -0.479 e. The molecule has 1 aromatic carbocycles. The number of fused-ring (bicyclic) bond motifs is 1. The number of aromatic nitrogens is 1. The van der Waals surface area contributed by atoms with Crippen molar-refractivity contribution in [3.05, 3.63) is 35.5 Å². The summed E-state index contributed by atoms with van der Waals surface area (Å²) in [6.07, 6.45) is 4.44. The third-order valence-electron chi connectivity index (χ3n) is 7.50. The summed E-state index contributed by atoms with van der Waals surface area (Å²) < 4.78 is 6.02. The van der Waals surface area contributed by atoms with Gasteiger partial charge in [0.1, 0.15) is 6.10 Å². The summed E-state index contributed by atoms with van der Waals surface area (Å²) in [6, 6.07) is 7.01. The van der Waals surface area contributed by atoms with Crippen molar-refractivity contribution in [1.82, 2.24) is 15.2 Å². The van der Waals surface area contributed by atoms with Gasteiger partial charge in [-0.1, -0.05) is 25.4 Å². The Morgan fingerprint density at radius 3 is 2.65 bits per heavy atom. The zero-order valence-electron chi connectivity index (χ0n) is 23.3. The molecule has 3 rings (SSSR count). The number of carboxylic acid groups (broad SMARTS) is 1. The normalized spacial score (nSPS) is 19.1. The van der Waals surface area contributed by atoms with E-state index < -0.39 is 44.6 Å². The van der Waals surface area contributed by atoms with Gasteiger partial charge < -0.3 is 25.0 Å². The lowest BCUT2D eigenvalue weighted by Gasteiger charge is -2.34. The molecule has 3 N–H and O–H groups in total. The van der Waals surface area contributed by atoms with E-state index in [0.717, 1.165) is 37.9 Å². The molecule has 2 amide bonds. The van der Waals surface area contributed by atoms with Crippen LogP contribution in [0.15, 0.2) is 30.5 Å². The van der Waals surface area contributed by atoms with Crippen LogP contribution in [-0.4, -0.2) is 75.4 Å². The molecule has 0 aliphatic heterocycles. The highest BCUT2D eigenvalue weighted by atomic mass is 35.5. The van der Waals surface area contributed by atoms with E-state index >= 15 is 0 Å². The highest BCUT2D eigenvalue weighted by molar-refractivity contribution is 7.33. The van der Waals surface area contributed by atoms with Gasteiger partial charge in [0.25, 0.3) is 0 Å². The van der Waals surface area contributed by atoms with E-state index in [4.69, 9.17) is 21.4 Å². The first kappa shape index (κ1) is 32.0. The number of nitrogens with one attached hydrogen (secondary N) is 1. The van der Waals surface area contributed by atoms with Crippen LogP contribution in [0.2, 0.25) is 5.02 Å². The van der Waals surface area contributed by atoms with Crippen molar-refractivity contribution in [2.45, 2.75) is 77.2 Å². The molecule has 1 aromatic heterocycles. The molecule has 1 aliphatic carbocycles. The Bertz CT molecular complexity index is 1170. The van der Waals surface area contributed by atoms with Gasteiger partial charge in [-0.3, -0.25) is 14.7 Å². The van der Waals surface area contributed by atoms with E-state index in [9.17, 15) is 19.3 Å². The summed E-state index contributed by atoms with van der Waals surface area (Å²) in [5.41, 5.74) is 1.35. The molecule has 1 aliphatic rings. The molecule has 10 nitrogen and oxygen atoms in total. The summed E-state index contributed by atoms with van der Waals surface area (Å²) in [4.78, 5) is 55.5. The zero-order valence-corrected chi connectivity index (χ0v) is 25.1. The minimum atomic E-state index is -1.34. The van der Waals surface area contributed by atoms with Crippen molar-refractivity contribution >= 4 is 55.0 Å². The smallest absolute Gasteiger partial charge is 0.414 e. The van der Waals surface area contributed by atoms with Crippen molar-refractivity contribution in [1.29, 1.82) is 0 Å². The van der Waals surface area contributed by atoms with Crippen LogP contribution in [0.3, 0.4) is 0 Å². The van der Waals surface area contributed by atoms with Gasteiger partial charge in [-0.05, 0) is 89.3 Å². The fourth-order valence-corrected chi connectivity index (χ4v) is 5.69. The number of carbonyl (C=O) groups excluding carboxylic acids is 2. The third kappa shape index (κ3) is 8.49. The molecule has 12 heteroatoms. The standard InChI is InChI=1S/C28H40ClN4O6P/c1-4-32(5-2)15-7-8-18(3)33(24-13-14-30-23-17-20(29)11-12-22(23)24)28(37)39-21-10-6-9-19(16-21)25(34)31-26(40-38)27(35)36/h11-14,17-19,21,26,38,40H,4-10,15-16H2,1-3H3,(H,31,34)(H,35,36).